The Labute approximate surface area is 153 Å². The predicted molar refractivity (Wildman–Crippen MR) is 99.2 cm³/mol. The number of nitrogens with one attached hydrogen (secondary N) is 1. The molecule has 2 heterocycles. The molecule has 0 spiro atoms. The number of hydrogen-bond acceptors (Lipinski definition) is 5. The van der Waals surface area contributed by atoms with Crippen LogP contribution >= 0.6 is 0 Å². The van der Waals surface area contributed by atoms with E-state index >= 15 is 0 Å². The van der Waals surface area contributed by atoms with E-state index in [0.717, 1.165) is 25.1 Å². The van der Waals surface area contributed by atoms with Crippen LogP contribution in [0.5, 0.6) is 0 Å². The Hall–Kier alpha value is -2.44. The van der Waals surface area contributed by atoms with E-state index in [9.17, 15) is 9.90 Å². The summed E-state index contributed by atoms with van der Waals surface area (Å²) in [6.45, 7) is 4.18. The maximum absolute atomic E-state index is 11.8. The lowest BCUT2D eigenvalue weighted by atomic mass is 9.83. The lowest BCUT2D eigenvalue weighted by Gasteiger charge is -2.29. The molecule has 0 amide bonds. The number of tetrazole rings is 1. The number of anilines is 1. The fourth-order valence-electron chi connectivity index (χ4n) is 3.83. The Kier molecular flexibility index (Phi) is 6.20. The Balaban J connectivity index is 1.83. The first kappa shape index (κ1) is 18.4. The van der Waals surface area contributed by atoms with Gasteiger partial charge in [-0.15, -0.1) is 10.2 Å². The third-order valence-corrected chi connectivity index (χ3v) is 5.18. The minimum Gasteiger partial charge on any atom is -0.481 e. The highest BCUT2D eigenvalue weighted by Gasteiger charge is 2.32. The van der Waals surface area contributed by atoms with E-state index in [2.05, 4.69) is 49.8 Å². The molecule has 0 saturated carbocycles. The van der Waals surface area contributed by atoms with Crippen molar-refractivity contribution in [1.82, 2.24) is 20.6 Å². The van der Waals surface area contributed by atoms with Crippen LogP contribution in [0.25, 0.3) is 0 Å². The Morgan fingerprint density at radius 3 is 2.77 bits per heavy atom. The van der Waals surface area contributed by atoms with Crippen LogP contribution in [0.4, 0.5) is 5.69 Å². The molecule has 1 saturated heterocycles. The molecule has 1 aromatic heterocycles. The Morgan fingerprint density at radius 1 is 1.31 bits per heavy atom. The van der Waals surface area contributed by atoms with Crippen LogP contribution < -0.4 is 4.90 Å². The molecule has 2 unspecified atom stereocenters. The van der Waals surface area contributed by atoms with Crippen molar-refractivity contribution in [1.29, 1.82) is 0 Å². The summed E-state index contributed by atoms with van der Waals surface area (Å²) in [5.41, 5.74) is 2.33. The number of carboxylic acid groups (broad SMARTS) is 1. The molecular weight excluding hydrogens is 330 g/mol. The molecule has 7 heteroatoms. The van der Waals surface area contributed by atoms with Crippen LogP contribution in [0, 0.1) is 5.92 Å². The summed E-state index contributed by atoms with van der Waals surface area (Å²) in [7, 11) is 0. The van der Waals surface area contributed by atoms with Gasteiger partial charge in [-0.05, 0) is 49.8 Å². The van der Waals surface area contributed by atoms with Crippen LogP contribution in [-0.4, -0.2) is 44.8 Å². The second-order valence-electron chi connectivity index (χ2n) is 7.03. The summed E-state index contributed by atoms with van der Waals surface area (Å²) in [6, 6.07) is 8.44. The molecule has 26 heavy (non-hydrogen) atoms. The van der Waals surface area contributed by atoms with Gasteiger partial charge in [0.05, 0.1) is 5.92 Å². The molecule has 2 atom stereocenters. The second-order valence-corrected chi connectivity index (χ2v) is 7.03. The molecule has 7 nitrogen and oxygen atoms in total. The standard InChI is InChI=1S/C19H27N5O2/c1-2-7-16(19(25)26)17(18-20-22-23-21-18)13-14-8-6-9-15(12-14)24-10-4-3-5-11-24/h6,8-9,12,16-17H,2-5,7,10-11,13H2,1H3,(H,25,26)(H,20,21,22,23). The van der Waals surface area contributed by atoms with Crippen LogP contribution in [-0.2, 0) is 11.2 Å². The van der Waals surface area contributed by atoms with Crippen LogP contribution in [0.3, 0.4) is 0 Å². The molecule has 2 aromatic rings. The summed E-state index contributed by atoms with van der Waals surface area (Å²) in [6.07, 6.45) is 5.76. The SMILES string of the molecule is CCCC(C(=O)O)C(Cc1cccc(N2CCCCC2)c1)c1nn[nH]n1. The van der Waals surface area contributed by atoms with Crippen molar-refractivity contribution in [3.8, 4) is 0 Å². The van der Waals surface area contributed by atoms with Gasteiger partial charge in [-0.1, -0.05) is 30.7 Å². The number of hydrogen-bond donors (Lipinski definition) is 2. The van der Waals surface area contributed by atoms with Gasteiger partial charge in [-0.2, -0.15) is 5.21 Å². The Morgan fingerprint density at radius 2 is 2.12 bits per heavy atom. The first-order valence-electron chi connectivity index (χ1n) is 9.49. The van der Waals surface area contributed by atoms with Gasteiger partial charge in [-0.3, -0.25) is 4.79 Å². The molecule has 140 valence electrons. The molecule has 1 fully saturated rings. The van der Waals surface area contributed by atoms with Crippen molar-refractivity contribution in [2.45, 2.75) is 51.4 Å². The zero-order chi connectivity index (χ0) is 18.4. The quantitative estimate of drug-likeness (QED) is 0.754. The lowest BCUT2D eigenvalue weighted by molar-refractivity contribution is -0.142. The monoisotopic (exact) mass is 357 g/mol. The minimum atomic E-state index is -0.797. The van der Waals surface area contributed by atoms with Crippen molar-refractivity contribution in [2.24, 2.45) is 5.92 Å². The van der Waals surface area contributed by atoms with E-state index in [1.807, 2.05) is 6.92 Å². The number of carbonyl (C=O) groups is 1. The molecule has 1 aliphatic rings. The molecule has 1 aromatic carbocycles. The maximum Gasteiger partial charge on any atom is 0.307 e. The number of piperidine rings is 1. The molecular formula is C19H27N5O2. The lowest BCUT2D eigenvalue weighted by Crippen LogP contribution is -2.29. The van der Waals surface area contributed by atoms with Crippen molar-refractivity contribution < 1.29 is 9.90 Å². The normalized spacial score (nSPS) is 17.0. The average molecular weight is 357 g/mol. The number of aliphatic carboxylic acids is 1. The zero-order valence-corrected chi connectivity index (χ0v) is 15.3. The number of carboxylic acids is 1. The molecule has 0 radical (unpaired) electrons. The molecule has 2 N–H and O–H groups in total. The van der Waals surface area contributed by atoms with Crippen LogP contribution in [0.1, 0.15) is 56.3 Å². The van der Waals surface area contributed by atoms with Gasteiger partial charge in [0.15, 0.2) is 5.82 Å². The second kappa shape index (κ2) is 8.78. The predicted octanol–water partition coefficient (Wildman–Crippen LogP) is 3.02. The highest BCUT2D eigenvalue weighted by Crippen LogP contribution is 2.31. The topological polar surface area (TPSA) is 95.0 Å². The summed E-state index contributed by atoms with van der Waals surface area (Å²) < 4.78 is 0. The summed E-state index contributed by atoms with van der Waals surface area (Å²) >= 11 is 0. The van der Waals surface area contributed by atoms with Gasteiger partial charge in [-0.25, -0.2) is 0 Å². The van der Waals surface area contributed by atoms with Gasteiger partial charge < -0.3 is 10.0 Å². The summed E-state index contributed by atoms with van der Waals surface area (Å²) in [5.74, 6) is -1.12. The van der Waals surface area contributed by atoms with Gasteiger partial charge >= 0.3 is 5.97 Å². The van der Waals surface area contributed by atoms with E-state index in [1.165, 1.54) is 24.9 Å². The maximum atomic E-state index is 11.8. The molecule has 0 aliphatic carbocycles. The van der Waals surface area contributed by atoms with E-state index in [1.54, 1.807) is 0 Å². The van der Waals surface area contributed by atoms with Crippen molar-refractivity contribution in [3.05, 3.63) is 35.7 Å². The third kappa shape index (κ3) is 4.39. The van der Waals surface area contributed by atoms with Crippen molar-refractivity contribution in [2.75, 3.05) is 18.0 Å². The minimum absolute atomic E-state index is 0.289. The van der Waals surface area contributed by atoms with Gasteiger partial charge in [0.2, 0.25) is 0 Å². The third-order valence-electron chi connectivity index (χ3n) is 5.18. The van der Waals surface area contributed by atoms with Crippen LogP contribution in [0.2, 0.25) is 0 Å². The highest BCUT2D eigenvalue weighted by molar-refractivity contribution is 5.71. The highest BCUT2D eigenvalue weighted by atomic mass is 16.4. The number of aromatic nitrogens is 4. The molecule has 1 aliphatic heterocycles. The Bertz CT molecular complexity index is 698. The number of rotatable bonds is 8. The fraction of sp³-hybridized carbons (Fsp3) is 0.579. The number of H-pyrrole nitrogens is 1. The van der Waals surface area contributed by atoms with Crippen molar-refractivity contribution in [3.63, 3.8) is 0 Å². The van der Waals surface area contributed by atoms with Gasteiger partial charge in [0.1, 0.15) is 0 Å². The van der Waals surface area contributed by atoms with E-state index in [-0.39, 0.29) is 5.92 Å². The number of aromatic amines is 1. The first-order valence-corrected chi connectivity index (χ1v) is 9.49. The van der Waals surface area contributed by atoms with E-state index < -0.39 is 11.9 Å². The summed E-state index contributed by atoms with van der Waals surface area (Å²) in [5, 5.41) is 24.0. The largest absolute Gasteiger partial charge is 0.481 e. The van der Waals surface area contributed by atoms with Gasteiger partial charge in [0, 0.05) is 24.7 Å². The van der Waals surface area contributed by atoms with Crippen LogP contribution in [0.15, 0.2) is 24.3 Å². The van der Waals surface area contributed by atoms with E-state index in [4.69, 9.17) is 0 Å². The van der Waals surface area contributed by atoms with E-state index in [0.29, 0.717) is 18.7 Å². The zero-order valence-electron chi connectivity index (χ0n) is 15.3. The van der Waals surface area contributed by atoms with Gasteiger partial charge in [0.25, 0.3) is 0 Å². The average Bonchev–Trinajstić information content (AvgIpc) is 3.20. The first-order chi connectivity index (χ1) is 12.7. The molecule has 3 rings (SSSR count). The molecule has 0 bridgehead atoms. The number of benzene rings is 1. The summed E-state index contributed by atoms with van der Waals surface area (Å²) in [4.78, 5) is 14.2. The fourth-order valence-corrected chi connectivity index (χ4v) is 3.83. The number of nitrogens with zero attached hydrogens (tertiary/aromatic N) is 4. The smallest absolute Gasteiger partial charge is 0.307 e. The van der Waals surface area contributed by atoms with Crippen molar-refractivity contribution >= 4 is 11.7 Å².